The average Bonchev–Trinajstić information content (AvgIpc) is 2.93. The van der Waals surface area contributed by atoms with E-state index < -0.39 is 34.3 Å². The number of rotatable bonds is 13. The largest absolute Gasteiger partial charge is 0.494 e. The van der Waals surface area contributed by atoms with E-state index in [1.807, 2.05) is 38.1 Å². The number of nitrogens with zero attached hydrogens (tertiary/aromatic N) is 2. The Morgan fingerprint density at radius 2 is 1.60 bits per heavy atom. The van der Waals surface area contributed by atoms with Gasteiger partial charge in [-0.25, -0.2) is 12.8 Å². The van der Waals surface area contributed by atoms with Crippen LogP contribution in [0.4, 0.5) is 10.1 Å². The first-order valence-corrected chi connectivity index (χ1v) is 14.7. The molecule has 0 saturated heterocycles. The summed E-state index contributed by atoms with van der Waals surface area (Å²) in [4.78, 5) is 28.3. The number of sulfonamides is 1. The molecule has 1 N–H and O–H groups in total. The molecule has 40 heavy (non-hydrogen) atoms. The predicted octanol–water partition coefficient (Wildman–Crippen LogP) is 4.67. The molecule has 0 aliphatic heterocycles. The third-order valence-electron chi connectivity index (χ3n) is 6.46. The van der Waals surface area contributed by atoms with Crippen LogP contribution in [0.25, 0.3) is 0 Å². The lowest BCUT2D eigenvalue weighted by Gasteiger charge is -2.33. The van der Waals surface area contributed by atoms with Crippen molar-refractivity contribution < 1.29 is 27.1 Å². The molecular formula is C30H36FN3O5S. The first-order chi connectivity index (χ1) is 19.1. The summed E-state index contributed by atoms with van der Waals surface area (Å²) >= 11 is 0. The van der Waals surface area contributed by atoms with Gasteiger partial charge in [0.1, 0.15) is 24.2 Å². The van der Waals surface area contributed by atoms with Gasteiger partial charge in [-0.1, -0.05) is 31.2 Å². The molecule has 10 heteroatoms. The highest BCUT2D eigenvalue weighted by molar-refractivity contribution is 7.92. The molecule has 0 heterocycles. The number of carbonyl (C=O) groups excluding carboxylic acids is 2. The maximum Gasteiger partial charge on any atom is 0.264 e. The van der Waals surface area contributed by atoms with E-state index in [0.717, 1.165) is 39.7 Å². The number of anilines is 1. The molecule has 0 radical (unpaired) electrons. The van der Waals surface area contributed by atoms with Gasteiger partial charge in [-0.2, -0.15) is 0 Å². The van der Waals surface area contributed by atoms with Crippen LogP contribution in [0.2, 0.25) is 0 Å². The average molecular weight is 570 g/mol. The Labute approximate surface area is 235 Å². The minimum absolute atomic E-state index is 0.120. The lowest BCUT2D eigenvalue weighted by molar-refractivity contribution is -0.140. The van der Waals surface area contributed by atoms with E-state index in [4.69, 9.17) is 4.74 Å². The summed E-state index contributed by atoms with van der Waals surface area (Å²) in [6.07, 6.45) is 0.331. The number of amides is 2. The third kappa shape index (κ3) is 7.38. The second-order valence-electron chi connectivity index (χ2n) is 9.16. The number of nitrogens with one attached hydrogen (secondary N) is 1. The predicted molar refractivity (Wildman–Crippen MR) is 153 cm³/mol. The Morgan fingerprint density at radius 1 is 0.950 bits per heavy atom. The van der Waals surface area contributed by atoms with E-state index in [9.17, 15) is 22.4 Å². The minimum atomic E-state index is -4.29. The lowest BCUT2D eigenvalue weighted by atomic mass is 10.1. The molecule has 0 bridgehead atoms. The highest BCUT2D eigenvalue weighted by atomic mass is 32.2. The van der Waals surface area contributed by atoms with E-state index in [0.29, 0.717) is 25.3 Å². The highest BCUT2D eigenvalue weighted by Gasteiger charge is 2.33. The zero-order chi connectivity index (χ0) is 29.3. The van der Waals surface area contributed by atoms with Crippen LogP contribution < -0.4 is 14.4 Å². The van der Waals surface area contributed by atoms with Crippen LogP contribution in [0, 0.1) is 12.7 Å². The monoisotopic (exact) mass is 569 g/mol. The molecule has 0 aromatic heterocycles. The summed E-state index contributed by atoms with van der Waals surface area (Å²) in [5.41, 5.74) is 2.00. The summed E-state index contributed by atoms with van der Waals surface area (Å²) in [6.45, 7) is 7.71. The van der Waals surface area contributed by atoms with Crippen molar-refractivity contribution in [1.82, 2.24) is 10.2 Å². The van der Waals surface area contributed by atoms with Crippen LogP contribution in [-0.4, -0.2) is 50.9 Å². The normalized spacial score (nSPS) is 11.9. The maximum atomic E-state index is 14.0. The Hall–Kier alpha value is -3.92. The zero-order valence-electron chi connectivity index (χ0n) is 23.3. The molecule has 0 spiro atoms. The summed E-state index contributed by atoms with van der Waals surface area (Å²) < 4.78 is 47.7. The first-order valence-electron chi connectivity index (χ1n) is 13.2. The summed E-state index contributed by atoms with van der Waals surface area (Å²) in [5.74, 6) is -0.915. The first kappa shape index (κ1) is 30.6. The molecular weight excluding hydrogens is 533 g/mol. The van der Waals surface area contributed by atoms with Crippen LogP contribution in [0.15, 0.2) is 77.7 Å². The Kier molecular flexibility index (Phi) is 10.7. The van der Waals surface area contributed by atoms with Crippen molar-refractivity contribution >= 4 is 27.5 Å². The number of halogens is 1. The van der Waals surface area contributed by atoms with Crippen molar-refractivity contribution in [3.8, 4) is 5.75 Å². The zero-order valence-corrected chi connectivity index (χ0v) is 24.1. The van der Waals surface area contributed by atoms with E-state index in [-0.39, 0.29) is 23.0 Å². The van der Waals surface area contributed by atoms with E-state index in [1.54, 1.807) is 38.1 Å². The summed E-state index contributed by atoms with van der Waals surface area (Å²) in [6, 6.07) is 17.5. The standard InChI is InChI=1S/C30H36FN3O5S/c1-5-28(30(36)32-6-2)33(20-23-11-9-8-10-22(23)4)29(35)21-34(25-14-16-26(17-15-25)39-7-3)40(37,38)27-18-12-24(31)13-19-27/h8-19,28H,5-7,20-21H2,1-4H3,(H,32,36)/t28-/m0/s1. The van der Waals surface area contributed by atoms with Crippen LogP contribution in [0.5, 0.6) is 5.75 Å². The molecule has 3 aromatic carbocycles. The second kappa shape index (κ2) is 13.9. The van der Waals surface area contributed by atoms with Gasteiger partial charge in [-0.3, -0.25) is 13.9 Å². The minimum Gasteiger partial charge on any atom is -0.494 e. The maximum absolute atomic E-state index is 14.0. The smallest absolute Gasteiger partial charge is 0.264 e. The van der Waals surface area contributed by atoms with Crippen molar-refractivity contribution in [2.24, 2.45) is 0 Å². The number of likely N-dealkylation sites (N-methyl/N-ethyl adjacent to an activating group) is 1. The quantitative estimate of drug-likeness (QED) is 0.323. The number of aryl methyl sites for hydroxylation is 1. The number of hydrogen-bond acceptors (Lipinski definition) is 5. The van der Waals surface area contributed by atoms with Crippen LogP contribution in [0.3, 0.4) is 0 Å². The van der Waals surface area contributed by atoms with Crippen LogP contribution in [-0.2, 0) is 26.2 Å². The third-order valence-corrected chi connectivity index (χ3v) is 8.24. The molecule has 0 aliphatic rings. The van der Waals surface area contributed by atoms with E-state index in [2.05, 4.69) is 5.32 Å². The molecule has 3 rings (SSSR count). The van der Waals surface area contributed by atoms with Gasteiger partial charge in [0.05, 0.1) is 17.2 Å². The Balaban J connectivity index is 2.07. The fraction of sp³-hybridized carbons (Fsp3) is 0.333. The van der Waals surface area contributed by atoms with Crippen molar-refractivity contribution in [3.63, 3.8) is 0 Å². The molecule has 8 nitrogen and oxygen atoms in total. The molecule has 0 aliphatic carbocycles. The van der Waals surface area contributed by atoms with Gasteiger partial charge < -0.3 is 15.0 Å². The van der Waals surface area contributed by atoms with E-state index in [1.165, 1.54) is 4.90 Å². The fourth-order valence-corrected chi connectivity index (χ4v) is 5.73. The molecule has 2 amide bonds. The molecule has 214 valence electrons. The number of ether oxygens (including phenoxy) is 1. The van der Waals surface area contributed by atoms with Gasteiger partial charge in [0.2, 0.25) is 11.8 Å². The van der Waals surface area contributed by atoms with Crippen LogP contribution >= 0.6 is 0 Å². The lowest BCUT2D eigenvalue weighted by Crippen LogP contribution is -2.52. The Bertz CT molecular complexity index is 1400. The summed E-state index contributed by atoms with van der Waals surface area (Å²) in [7, 11) is -4.29. The van der Waals surface area contributed by atoms with Gasteiger partial charge in [0.15, 0.2) is 0 Å². The van der Waals surface area contributed by atoms with Crippen molar-refractivity contribution in [3.05, 3.63) is 89.7 Å². The SMILES string of the molecule is CCNC(=O)[C@H](CC)N(Cc1ccccc1C)C(=O)CN(c1ccc(OCC)cc1)S(=O)(=O)c1ccc(F)cc1. The molecule has 0 saturated carbocycles. The van der Waals surface area contributed by atoms with Crippen LogP contribution in [0.1, 0.15) is 38.3 Å². The van der Waals surface area contributed by atoms with Gasteiger partial charge in [0, 0.05) is 13.1 Å². The van der Waals surface area contributed by atoms with Gasteiger partial charge in [-0.05, 0) is 86.8 Å². The number of benzene rings is 3. The van der Waals surface area contributed by atoms with Crippen molar-refractivity contribution in [2.75, 3.05) is 24.0 Å². The molecule has 1 atom stereocenters. The van der Waals surface area contributed by atoms with Gasteiger partial charge >= 0.3 is 0 Å². The number of hydrogen-bond donors (Lipinski definition) is 1. The second-order valence-corrected chi connectivity index (χ2v) is 11.0. The Morgan fingerprint density at radius 3 is 2.17 bits per heavy atom. The highest BCUT2D eigenvalue weighted by Crippen LogP contribution is 2.27. The molecule has 0 unspecified atom stereocenters. The topological polar surface area (TPSA) is 96.0 Å². The molecule has 3 aromatic rings. The fourth-order valence-electron chi connectivity index (χ4n) is 4.32. The van der Waals surface area contributed by atoms with Crippen molar-refractivity contribution in [1.29, 1.82) is 0 Å². The summed E-state index contributed by atoms with van der Waals surface area (Å²) in [5, 5.41) is 2.78. The number of carbonyl (C=O) groups is 2. The van der Waals surface area contributed by atoms with Gasteiger partial charge in [0.25, 0.3) is 10.0 Å². The molecule has 0 fully saturated rings. The van der Waals surface area contributed by atoms with Gasteiger partial charge in [-0.15, -0.1) is 0 Å². The van der Waals surface area contributed by atoms with E-state index >= 15 is 0 Å². The van der Waals surface area contributed by atoms with Crippen molar-refractivity contribution in [2.45, 2.75) is 51.6 Å².